The molecule has 0 atom stereocenters. The van der Waals surface area contributed by atoms with E-state index in [1.54, 1.807) is 0 Å². The number of hydrogen-bond acceptors (Lipinski definition) is 3. The lowest BCUT2D eigenvalue weighted by Crippen LogP contribution is -2.43. The number of methoxy groups -OCH3 is 2. The third-order valence-electron chi connectivity index (χ3n) is 2.58. The van der Waals surface area contributed by atoms with E-state index < -0.39 is 22.9 Å². The molecule has 0 heterocycles. The summed E-state index contributed by atoms with van der Waals surface area (Å²) in [7, 11) is 2.64. The van der Waals surface area contributed by atoms with E-state index in [2.05, 4.69) is 0 Å². The van der Waals surface area contributed by atoms with Gasteiger partial charge in [-0.05, 0) is 23.8 Å². The molecule has 122 valence electrons. The van der Waals surface area contributed by atoms with Crippen LogP contribution in [-0.2, 0) is 4.79 Å². The van der Waals surface area contributed by atoms with Gasteiger partial charge in [-0.25, -0.2) is 0 Å². The lowest BCUT2D eigenvalue weighted by atomic mass is 10.1. The number of ether oxygens (including phenoxy) is 2. The molecular weight excluding hydrogens is 335 g/mol. The first-order chi connectivity index (χ1) is 10.0. The summed E-state index contributed by atoms with van der Waals surface area (Å²) >= 11 is 5.62. The number of ketones is 1. The zero-order chi connectivity index (χ0) is 17.1. The maximum absolute atomic E-state index is 12.8. The highest BCUT2D eigenvalue weighted by molar-refractivity contribution is 6.50. The third-order valence-corrected chi connectivity index (χ3v) is 2.91. The van der Waals surface area contributed by atoms with Crippen LogP contribution in [0.3, 0.4) is 0 Å². The molecule has 1 rings (SSSR count). The number of hydrogen-bond donors (Lipinski definition) is 0. The number of alkyl halides is 5. The number of carbonyl (C=O) groups excluding carboxylic acids is 1. The highest BCUT2D eigenvalue weighted by atomic mass is 35.5. The van der Waals surface area contributed by atoms with Gasteiger partial charge < -0.3 is 9.47 Å². The third kappa shape index (κ3) is 3.68. The maximum Gasteiger partial charge on any atom is 0.461 e. The minimum Gasteiger partial charge on any atom is -0.493 e. The summed E-state index contributed by atoms with van der Waals surface area (Å²) in [6, 6.07) is 3.87. The second-order valence-electron chi connectivity index (χ2n) is 4.00. The second-order valence-corrected chi connectivity index (χ2v) is 4.41. The molecule has 0 bridgehead atoms. The van der Waals surface area contributed by atoms with Crippen molar-refractivity contribution in [1.82, 2.24) is 0 Å². The molecule has 0 aliphatic carbocycles. The van der Waals surface area contributed by atoms with Crippen LogP contribution >= 0.6 is 11.6 Å². The summed E-state index contributed by atoms with van der Waals surface area (Å²) in [4.78, 5) is 11.1. The molecule has 0 N–H and O–H groups in total. The summed E-state index contributed by atoms with van der Waals surface area (Å²) in [5.41, 5.74) is 0.0191. The average molecular weight is 345 g/mol. The van der Waals surface area contributed by atoms with Gasteiger partial charge in [0.1, 0.15) is 0 Å². The van der Waals surface area contributed by atoms with Crippen molar-refractivity contribution in [2.24, 2.45) is 0 Å². The van der Waals surface area contributed by atoms with Crippen LogP contribution in [-0.4, -0.2) is 32.1 Å². The summed E-state index contributed by atoms with van der Waals surface area (Å²) in [6.45, 7) is 0. The fourth-order valence-electron chi connectivity index (χ4n) is 1.41. The Balaban J connectivity index is 3.15. The van der Waals surface area contributed by atoms with Crippen LogP contribution in [0.4, 0.5) is 22.0 Å². The molecule has 22 heavy (non-hydrogen) atoms. The van der Waals surface area contributed by atoms with Gasteiger partial charge in [0.2, 0.25) is 5.78 Å². The van der Waals surface area contributed by atoms with Gasteiger partial charge in [-0.1, -0.05) is 11.6 Å². The summed E-state index contributed by atoms with van der Waals surface area (Å²) < 4.78 is 71.8. The molecule has 0 amide bonds. The van der Waals surface area contributed by atoms with Gasteiger partial charge >= 0.3 is 12.1 Å². The van der Waals surface area contributed by atoms with E-state index in [0.717, 1.165) is 0 Å². The van der Waals surface area contributed by atoms with Gasteiger partial charge in [0.15, 0.2) is 11.5 Å². The van der Waals surface area contributed by atoms with Crippen LogP contribution in [0.25, 0.3) is 5.03 Å². The molecule has 0 radical (unpaired) electrons. The average Bonchev–Trinajstić information content (AvgIpc) is 2.44. The number of benzene rings is 1. The van der Waals surface area contributed by atoms with Crippen molar-refractivity contribution in [2.75, 3.05) is 14.2 Å². The SMILES string of the molecule is COc1ccc(/C(Cl)=C\C(=O)C(F)(F)C(F)(F)F)cc1OC. The fraction of sp³-hybridized carbons (Fsp3) is 0.308. The van der Waals surface area contributed by atoms with Gasteiger partial charge in [-0.2, -0.15) is 22.0 Å². The van der Waals surface area contributed by atoms with Crippen molar-refractivity contribution in [1.29, 1.82) is 0 Å². The number of carbonyl (C=O) groups is 1. The minimum atomic E-state index is -5.99. The van der Waals surface area contributed by atoms with Gasteiger partial charge in [0.05, 0.1) is 19.3 Å². The highest BCUT2D eigenvalue weighted by Gasteiger charge is 2.62. The molecule has 0 saturated carbocycles. The Morgan fingerprint density at radius 3 is 2.09 bits per heavy atom. The standard InChI is InChI=1S/C13H10ClF5O3/c1-21-9-4-3-7(5-10(9)22-2)8(14)6-11(20)12(15,16)13(17,18)19/h3-6H,1-2H3/b8-6+. The number of halogens is 6. The lowest BCUT2D eigenvalue weighted by molar-refractivity contribution is -0.266. The highest BCUT2D eigenvalue weighted by Crippen LogP contribution is 2.38. The van der Waals surface area contributed by atoms with E-state index in [0.29, 0.717) is 5.75 Å². The second kappa shape index (κ2) is 6.51. The molecule has 0 spiro atoms. The van der Waals surface area contributed by atoms with E-state index in [4.69, 9.17) is 21.1 Å². The Bertz CT molecular complexity index is 596. The van der Waals surface area contributed by atoms with E-state index in [9.17, 15) is 26.7 Å². The Morgan fingerprint density at radius 1 is 1.09 bits per heavy atom. The Hall–Kier alpha value is -1.83. The monoisotopic (exact) mass is 344 g/mol. The number of allylic oxidation sites excluding steroid dienone is 1. The predicted octanol–water partition coefficient (Wildman–Crippen LogP) is 4.05. The van der Waals surface area contributed by atoms with Gasteiger partial charge in [-0.3, -0.25) is 4.79 Å². The maximum atomic E-state index is 12.8. The van der Waals surface area contributed by atoms with Crippen molar-refractivity contribution in [3.05, 3.63) is 29.8 Å². The van der Waals surface area contributed by atoms with Crippen molar-refractivity contribution in [3.63, 3.8) is 0 Å². The molecule has 0 aromatic heterocycles. The van der Waals surface area contributed by atoms with E-state index in [1.807, 2.05) is 0 Å². The first-order valence-electron chi connectivity index (χ1n) is 5.63. The summed E-state index contributed by atoms with van der Waals surface area (Å²) in [5, 5.41) is -0.588. The zero-order valence-corrected chi connectivity index (χ0v) is 12.1. The van der Waals surface area contributed by atoms with Crippen LogP contribution in [0.2, 0.25) is 0 Å². The summed E-state index contributed by atoms with van der Waals surface area (Å²) in [5.74, 6) is -7.51. The zero-order valence-electron chi connectivity index (χ0n) is 11.3. The first kappa shape index (κ1) is 18.2. The topological polar surface area (TPSA) is 35.5 Å². The van der Waals surface area contributed by atoms with Crippen molar-refractivity contribution >= 4 is 22.4 Å². The van der Waals surface area contributed by atoms with Crippen molar-refractivity contribution in [3.8, 4) is 11.5 Å². The molecule has 0 aliphatic heterocycles. The van der Waals surface area contributed by atoms with E-state index in [1.165, 1.54) is 32.4 Å². The molecule has 0 aliphatic rings. The van der Waals surface area contributed by atoms with Gasteiger partial charge in [-0.15, -0.1) is 0 Å². The summed E-state index contributed by atoms with van der Waals surface area (Å²) in [6.07, 6.45) is -5.97. The molecule has 0 unspecified atom stereocenters. The molecule has 1 aromatic rings. The van der Waals surface area contributed by atoms with Crippen LogP contribution in [0.15, 0.2) is 24.3 Å². The normalized spacial score (nSPS) is 13.0. The van der Waals surface area contributed by atoms with Crippen molar-refractivity contribution in [2.45, 2.75) is 12.1 Å². The molecule has 3 nitrogen and oxygen atoms in total. The smallest absolute Gasteiger partial charge is 0.461 e. The Kier molecular flexibility index (Phi) is 5.39. The lowest BCUT2D eigenvalue weighted by Gasteiger charge is -2.16. The molecule has 0 fully saturated rings. The Morgan fingerprint density at radius 2 is 1.64 bits per heavy atom. The minimum absolute atomic E-state index is 0.0191. The van der Waals surface area contributed by atoms with Crippen LogP contribution in [0.5, 0.6) is 11.5 Å². The van der Waals surface area contributed by atoms with Crippen LogP contribution in [0.1, 0.15) is 5.56 Å². The largest absolute Gasteiger partial charge is 0.493 e. The van der Waals surface area contributed by atoms with Gasteiger partial charge in [0, 0.05) is 6.08 Å². The Labute approximate surface area is 127 Å². The predicted molar refractivity (Wildman–Crippen MR) is 69.4 cm³/mol. The quantitative estimate of drug-likeness (QED) is 0.597. The number of rotatable bonds is 5. The molecule has 0 saturated heterocycles. The van der Waals surface area contributed by atoms with E-state index >= 15 is 0 Å². The van der Waals surface area contributed by atoms with Crippen molar-refractivity contribution < 1.29 is 36.2 Å². The van der Waals surface area contributed by atoms with E-state index in [-0.39, 0.29) is 17.4 Å². The molecular formula is C13H10ClF5O3. The first-order valence-corrected chi connectivity index (χ1v) is 6.01. The van der Waals surface area contributed by atoms with Crippen LogP contribution in [0, 0.1) is 0 Å². The van der Waals surface area contributed by atoms with Crippen LogP contribution < -0.4 is 9.47 Å². The van der Waals surface area contributed by atoms with Gasteiger partial charge in [0.25, 0.3) is 0 Å². The molecule has 1 aromatic carbocycles. The molecule has 9 heteroatoms. The fourth-order valence-corrected chi connectivity index (χ4v) is 1.63.